The van der Waals surface area contributed by atoms with Crippen LogP contribution in [0.5, 0.6) is 0 Å². The van der Waals surface area contributed by atoms with E-state index in [9.17, 15) is 4.79 Å². The zero-order valence-electron chi connectivity index (χ0n) is 11.9. The molecule has 0 saturated heterocycles. The predicted molar refractivity (Wildman–Crippen MR) is 82.1 cm³/mol. The lowest BCUT2D eigenvalue weighted by Gasteiger charge is -2.26. The van der Waals surface area contributed by atoms with Crippen molar-refractivity contribution < 1.29 is 9.53 Å². The molecule has 0 fully saturated rings. The van der Waals surface area contributed by atoms with E-state index in [0.717, 1.165) is 4.70 Å². The van der Waals surface area contributed by atoms with Crippen molar-refractivity contribution in [3.8, 4) is 0 Å². The van der Waals surface area contributed by atoms with Crippen molar-refractivity contribution in [2.24, 2.45) is 0 Å². The van der Waals surface area contributed by atoms with Crippen molar-refractivity contribution in [2.75, 3.05) is 26.0 Å². The van der Waals surface area contributed by atoms with Crippen LogP contribution in [-0.4, -0.2) is 42.1 Å². The minimum absolute atomic E-state index is 0.0578. The molecule has 2 aromatic heterocycles. The van der Waals surface area contributed by atoms with E-state index in [-0.39, 0.29) is 11.9 Å². The van der Waals surface area contributed by atoms with Crippen LogP contribution in [0.3, 0.4) is 0 Å². The number of carbonyl (C=O) groups is 1. The van der Waals surface area contributed by atoms with Crippen LogP contribution in [0.25, 0.3) is 10.2 Å². The Morgan fingerprint density at radius 1 is 1.55 bits per heavy atom. The number of aromatic nitrogens is 1. The quantitative estimate of drug-likeness (QED) is 0.919. The second kappa shape index (κ2) is 6.19. The van der Waals surface area contributed by atoms with E-state index < -0.39 is 0 Å². The Morgan fingerprint density at radius 3 is 2.90 bits per heavy atom. The summed E-state index contributed by atoms with van der Waals surface area (Å²) in [6, 6.07) is 3.86. The van der Waals surface area contributed by atoms with Gasteiger partial charge in [0.2, 0.25) is 0 Å². The van der Waals surface area contributed by atoms with Gasteiger partial charge in [0.05, 0.1) is 17.0 Å². The van der Waals surface area contributed by atoms with E-state index in [1.165, 1.54) is 11.3 Å². The third-order valence-electron chi connectivity index (χ3n) is 3.10. The number of nitrogen functional groups attached to an aromatic ring is 1. The summed E-state index contributed by atoms with van der Waals surface area (Å²) in [4.78, 5) is 19.2. The average molecular weight is 293 g/mol. The van der Waals surface area contributed by atoms with Gasteiger partial charge in [0.1, 0.15) is 10.4 Å². The lowest BCUT2D eigenvalue weighted by atomic mass is 10.2. The number of ether oxygens (including phenoxy) is 1. The number of fused-ring (bicyclic) bond motifs is 1. The first-order valence-corrected chi connectivity index (χ1v) is 7.30. The van der Waals surface area contributed by atoms with Crippen LogP contribution < -0.4 is 5.73 Å². The summed E-state index contributed by atoms with van der Waals surface area (Å²) in [5.74, 6) is -0.0578. The number of methoxy groups -OCH3 is 1. The van der Waals surface area contributed by atoms with Crippen LogP contribution in [0.15, 0.2) is 18.3 Å². The number of nitrogens with two attached hydrogens (primary N) is 1. The summed E-state index contributed by atoms with van der Waals surface area (Å²) in [6.45, 7) is 5.02. The van der Waals surface area contributed by atoms with Gasteiger partial charge < -0.3 is 15.4 Å². The highest BCUT2D eigenvalue weighted by Crippen LogP contribution is 2.33. The van der Waals surface area contributed by atoms with Crippen LogP contribution in [0, 0.1) is 0 Å². The Hall–Kier alpha value is -1.66. The molecule has 0 bridgehead atoms. The number of pyridine rings is 1. The molecular weight excluding hydrogens is 274 g/mol. The number of anilines is 1. The van der Waals surface area contributed by atoms with Crippen LogP contribution in [0.2, 0.25) is 0 Å². The van der Waals surface area contributed by atoms with Gasteiger partial charge >= 0.3 is 0 Å². The molecule has 0 aliphatic heterocycles. The van der Waals surface area contributed by atoms with Gasteiger partial charge in [-0.1, -0.05) is 0 Å². The first-order valence-electron chi connectivity index (χ1n) is 6.49. The zero-order valence-corrected chi connectivity index (χ0v) is 12.7. The first-order chi connectivity index (χ1) is 9.56. The summed E-state index contributed by atoms with van der Waals surface area (Å²) < 4.78 is 6.00. The first kappa shape index (κ1) is 14.7. The van der Waals surface area contributed by atoms with Crippen molar-refractivity contribution in [3.05, 3.63) is 23.2 Å². The second-order valence-corrected chi connectivity index (χ2v) is 5.83. The van der Waals surface area contributed by atoms with Gasteiger partial charge in [-0.15, -0.1) is 11.3 Å². The normalized spacial score (nSPS) is 11.2. The van der Waals surface area contributed by atoms with E-state index in [2.05, 4.69) is 4.98 Å². The van der Waals surface area contributed by atoms with Crippen LogP contribution >= 0.6 is 11.3 Å². The molecule has 0 atom stereocenters. The number of thiophene rings is 1. The van der Waals surface area contributed by atoms with Gasteiger partial charge in [0.25, 0.3) is 5.91 Å². The Bertz CT molecular complexity index is 609. The van der Waals surface area contributed by atoms with E-state index >= 15 is 0 Å². The Labute approximate surface area is 122 Å². The molecule has 2 rings (SSSR count). The topological polar surface area (TPSA) is 68.5 Å². The molecule has 0 spiro atoms. The lowest BCUT2D eigenvalue weighted by Crippen LogP contribution is -2.39. The molecule has 1 amide bonds. The largest absolute Gasteiger partial charge is 0.396 e. The Kier molecular flexibility index (Phi) is 4.57. The van der Waals surface area contributed by atoms with Gasteiger partial charge in [-0.3, -0.25) is 9.78 Å². The summed E-state index contributed by atoms with van der Waals surface area (Å²) >= 11 is 1.39. The number of hydrogen-bond acceptors (Lipinski definition) is 5. The molecule has 0 unspecified atom stereocenters. The second-order valence-electron chi connectivity index (χ2n) is 4.78. The fourth-order valence-electron chi connectivity index (χ4n) is 2.02. The molecule has 0 aliphatic rings. The van der Waals surface area contributed by atoms with Gasteiger partial charge in [0, 0.05) is 25.9 Å². The third-order valence-corrected chi connectivity index (χ3v) is 4.25. The van der Waals surface area contributed by atoms with Gasteiger partial charge in [-0.25, -0.2) is 0 Å². The Morgan fingerprint density at radius 2 is 2.30 bits per heavy atom. The smallest absolute Gasteiger partial charge is 0.266 e. The molecule has 0 aliphatic carbocycles. The predicted octanol–water partition coefficient (Wildman–Crippen LogP) is 2.38. The van der Waals surface area contributed by atoms with Crippen LogP contribution in [0.1, 0.15) is 23.5 Å². The average Bonchev–Trinajstić information content (AvgIpc) is 2.76. The van der Waals surface area contributed by atoms with Crippen molar-refractivity contribution >= 4 is 33.1 Å². The highest BCUT2D eigenvalue weighted by molar-refractivity contribution is 7.21. The van der Waals surface area contributed by atoms with E-state index in [0.29, 0.717) is 29.2 Å². The molecule has 2 aromatic rings. The van der Waals surface area contributed by atoms with Crippen molar-refractivity contribution in [2.45, 2.75) is 19.9 Å². The van der Waals surface area contributed by atoms with E-state index in [1.54, 1.807) is 18.2 Å². The number of carbonyl (C=O) groups excluding carboxylic acids is 1. The van der Waals surface area contributed by atoms with Crippen molar-refractivity contribution in [1.29, 1.82) is 0 Å². The van der Waals surface area contributed by atoms with Crippen LogP contribution in [-0.2, 0) is 4.74 Å². The molecule has 0 aromatic carbocycles. The molecule has 5 nitrogen and oxygen atoms in total. The molecule has 0 saturated carbocycles. The molecule has 108 valence electrons. The summed E-state index contributed by atoms with van der Waals surface area (Å²) in [5, 5.41) is 0. The fraction of sp³-hybridized carbons (Fsp3) is 0.429. The van der Waals surface area contributed by atoms with Gasteiger partial charge in [-0.2, -0.15) is 0 Å². The van der Waals surface area contributed by atoms with E-state index in [1.807, 2.05) is 26.0 Å². The lowest BCUT2D eigenvalue weighted by molar-refractivity contribution is 0.0641. The monoisotopic (exact) mass is 293 g/mol. The standard InChI is InChI=1S/C14H19N3O2S/c1-9(2)17(7-8-19-3)14(18)13-11(15)12-10(20-13)5-4-6-16-12/h4-6,9H,7-8,15H2,1-3H3. The summed E-state index contributed by atoms with van der Waals surface area (Å²) in [6.07, 6.45) is 1.69. The zero-order chi connectivity index (χ0) is 14.7. The van der Waals surface area contributed by atoms with Crippen LogP contribution in [0.4, 0.5) is 5.69 Å². The van der Waals surface area contributed by atoms with Gasteiger partial charge in [-0.05, 0) is 26.0 Å². The maximum absolute atomic E-state index is 12.7. The molecule has 20 heavy (non-hydrogen) atoms. The fourth-order valence-corrected chi connectivity index (χ4v) is 3.06. The minimum atomic E-state index is -0.0578. The SMILES string of the molecule is COCCN(C(=O)c1sc2cccnc2c1N)C(C)C. The Balaban J connectivity index is 2.36. The van der Waals surface area contributed by atoms with Crippen molar-refractivity contribution in [1.82, 2.24) is 9.88 Å². The molecule has 2 heterocycles. The molecule has 2 N–H and O–H groups in total. The highest BCUT2D eigenvalue weighted by atomic mass is 32.1. The van der Waals surface area contributed by atoms with Crippen molar-refractivity contribution in [3.63, 3.8) is 0 Å². The minimum Gasteiger partial charge on any atom is -0.396 e. The number of amides is 1. The summed E-state index contributed by atoms with van der Waals surface area (Å²) in [7, 11) is 1.63. The molecule has 0 radical (unpaired) electrons. The third kappa shape index (κ3) is 2.76. The number of hydrogen-bond donors (Lipinski definition) is 1. The number of nitrogens with zero attached hydrogens (tertiary/aromatic N) is 2. The summed E-state index contributed by atoms with van der Waals surface area (Å²) in [5.41, 5.74) is 7.25. The molecule has 6 heteroatoms. The maximum atomic E-state index is 12.7. The number of rotatable bonds is 5. The van der Waals surface area contributed by atoms with E-state index in [4.69, 9.17) is 10.5 Å². The highest BCUT2D eigenvalue weighted by Gasteiger charge is 2.24. The maximum Gasteiger partial charge on any atom is 0.266 e. The molecular formula is C14H19N3O2S. The van der Waals surface area contributed by atoms with Gasteiger partial charge in [0.15, 0.2) is 0 Å².